The van der Waals surface area contributed by atoms with Crippen LogP contribution in [0.15, 0.2) is 18.3 Å². The molecule has 4 rings (SSSR count). The monoisotopic (exact) mass is 416 g/mol. The summed E-state index contributed by atoms with van der Waals surface area (Å²) in [6.07, 6.45) is 7.39. The smallest absolute Gasteiger partial charge is 0.414 e. The molecule has 164 valence electrons. The van der Waals surface area contributed by atoms with Gasteiger partial charge in [-0.2, -0.15) is 0 Å². The Morgan fingerprint density at radius 3 is 2.53 bits per heavy atom. The van der Waals surface area contributed by atoms with E-state index in [2.05, 4.69) is 4.98 Å². The Kier molecular flexibility index (Phi) is 5.75. The van der Waals surface area contributed by atoms with Crippen molar-refractivity contribution in [3.8, 4) is 5.75 Å². The Hall–Kier alpha value is -2.15. The van der Waals surface area contributed by atoms with Crippen molar-refractivity contribution in [3.05, 3.63) is 24.0 Å². The molecule has 0 saturated heterocycles. The molecule has 5 atom stereocenters. The predicted molar refractivity (Wildman–Crippen MR) is 111 cm³/mol. The second-order valence-corrected chi connectivity index (χ2v) is 10.3. The Balaban J connectivity index is 1.35. The normalized spacial score (nSPS) is 29.5. The van der Waals surface area contributed by atoms with Gasteiger partial charge < -0.3 is 14.4 Å². The SMILES string of the molecule is CN(C)C(=O)Oc1cccnc1C[N+](C)(C)COC(=O)[C@H]1C[C@H]2C[C@@H]3C[C@H]2C[C@H]1C3. The molecule has 3 saturated carbocycles. The zero-order chi connectivity index (χ0) is 21.5. The summed E-state index contributed by atoms with van der Waals surface area (Å²) in [5, 5.41) is 0. The van der Waals surface area contributed by atoms with E-state index in [-0.39, 0.29) is 18.6 Å². The fraction of sp³-hybridized carbons (Fsp3) is 0.696. The van der Waals surface area contributed by atoms with E-state index in [0.29, 0.717) is 28.4 Å². The van der Waals surface area contributed by atoms with E-state index in [1.165, 1.54) is 30.6 Å². The van der Waals surface area contributed by atoms with Gasteiger partial charge >= 0.3 is 12.1 Å². The Morgan fingerprint density at radius 1 is 1.10 bits per heavy atom. The number of pyridine rings is 1. The number of rotatable bonds is 6. The van der Waals surface area contributed by atoms with Crippen LogP contribution in [0.5, 0.6) is 5.75 Å². The minimum Gasteiger partial charge on any atom is -0.415 e. The second-order valence-electron chi connectivity index (χ2n) is 10.3. The summed E-state index contributed by atoms with van der Waals surface area (Å²) in [6, 6.07) is 3.48. The number of hydrogen-bond donors (Lipinski definition) is 0. The van der Waals surface area contributed by atoms with Crippen LogP contribution in [-0.4, -0.2) is 61.4 Å². The summed E-state index contributed by atoms with van der Waals surface area (Å²) in [5.74, 6) is 3.43. The molecule has 7 nitrogen and oxygen atoms in total. The van der Waals surface area contributed by atoms with Crippen molar-refractivity contribution in [2.75, 3.05) is 34.9 Å². The van der Waals surface area contributed by atoms with Gasteiger partial charge in [0.15, 0.2) is 5.75 Å². The summed E-state index contributed by atoms with van der Waals surface area (Å²) >= 11 is 0. The number of carbonyl (C=O) groups is 2. The molecule has 0 unspecified atom stereocenters. The molecule has 1 aromatic rings. The van der Waals surface area contributed by atoms with E-state index >= 15 is 0 Å². The third-order valence-electron chi connectivity index (χ3n) is 7.15. The van der Waals surface area contributed by atoms with Gasteiger partial charge in [0.25, 0.3) is 0 Å². The number of quaternary nitrogens is 1. The van der Waals surface area contributed by atoms with Gasteiger partial charge in [-0.3, -0.25) is 14.3 Å². The van der Waals surface area contributed by atoms with Crippen molar-refractivity contribution >= 4 is 12.1 Å². The number of hydrogen-bond acceptors (Lipinski definition) is 5. The van der Waals surface area contributed by atoms with Crippen LogP contribution in [0, 0.1) is 29.6 Å². The topological polar surface area (TPSA) is 68.7 Å². The van der Waals surface area contributed by atoms with Crippen molar-refractivity contribution in [2.24, 2.45) is 29.6 Å². The van der Waals surface area contributed by atoms with Crippen LogP contribution < -0.4 is 4.74 Å². The molecule has 1 amide bonds. The van der Waals surface area contributed by atoms with Gasteiger partial charge in [0, 0.05) is 20.3 Å². The zero-order valence-corrected chi connectivity index (χ0v) is 18.5. The molecule has 1 aromatic heterocycles. The predicted octanol–water partition coefficient (Wildman–Crippen LogP) is 3.29. The first-order valence-corrected chi connectivity index (χ1v) is 11.0. The highest BCUT2D eigenvalue weighted by Gasteiger charge is 2.50. The van der Waals surface area contributed by atoms with Crippen molar-refractivity contribution < 1.29 is 23.5 Å². The lowest BCUT2D eigenvalue weighted by molar-refractivity contribution is -0.920. The van der Waals surface area contributed by atoms with E-state index in [9.17, 15) is 9.59 Å². The van der Waals surface area contributed by atoms with E-state index in [4.69, 9.17) is 9.47 Å². The summed E-state index contributed by atoms with van der Waals surface area (Å²) in [5.41, 5.74) is 0.669. The molecular weight excluding hydrogens is 382 g/mol. The summed E-state index contributed by atoms with van der Waals surface area (Å²) in [7, 11) is 7.27. The van der Waals surface area contributed by atoms with Crippen molar-refractivity contribution in [2.45, 2.75) is 38.6 Å². The average molecular weight is 417 g/mol. The van der Waals surface area contributed by atoms with Crippen LogP contribution in [0.3, 0.4) is 0 Å². The van der Waals surface area contributed by atoms with Crippen LogP contribution in [0.1, 0.15) is 37.8 Å². The highest BCUT2D eigenvalue weighted by Crippen LogP contribution is 2.57. The van der Waals surface area contributed by atoms with Crippen molar-refractivity contribution in [1.82, 2.24) is 9.88 Å². The zero-order valence-electron chi connectivity index (χ0n) is 18.5. The van der Waals surface area contributed by atoms with Gasteiger partial charge in [0.2, 0.25) is 6.73 Å². The fourth-order valence-corrected chi connectivity index (χ4v) is 5.77. The third-order valence-corrected chi connectivity index (χ3v) is 7.15. The molecule has 7 heteroatoms. The number of fused-ring (bicyclic) bond motifs is 2. The Bertz CT molecular complexity index is 807. The highest BCUT2D eigenvalue weighted by molar-refractivity contribution is 5.73. The molecule has 0 aliphatic heterocycles. The number of esters is 1. The van der Waals surface area contributed by atoms with E-state index in [0.717, 1.165) is 24.2 Å². The first kappa shape index (κ1) is 21.1. The first-order valence-electron chi connectivity index (χ1n) is 11.0. The Labute approximate surface area is 178 Å². The maximum Gasteiger partial charge on any atom is 0.414 e. The molecule has 0 spiro atoms. The number of nitrogens with zero attached hydrogens (tertiary/aromatic N) is 3. The summed E-state index contributed by atoms with van der Waals surface area (Å²) < 4.78 is 11.7. The second kappa shape index (κ2) is 8.17. The number of amides is 1. The maximum absolute atomic E-state index is 12.9. The largest absolute Gasteiger partial charge is 0.415 e. The van der Waals surface area contributed by atoms with Crippen LogP contribution >= 0.6 is 0 Å². The van der Waals surface area contributed by atoms with E-state index in [1.54, 1.807) is 32.4 Å². The van der Waals surface area contributed by atoms with Crippen LogP contribution in [0.25, 0.3) is 0 Å². The lowest BCUT2D eigenvalue weighted by Crippen LogP contribution is -2.44. The van der Waals surface area contributed by atoms with Gasteiger partial charge in [-0.05, 0) is 67.9 Å². The summed E-state index contributed by atoms with van der Waals surface area (Å²) in [6.45, 7) is 0.766. The van der Waals surface area contributed by atoms with Crippen LogP contribution in [-0.2, 0) is 16.1 Å². The number of aromatic nitrogens is 1. The van der Waals surface area contributed by atoms with Crippen molar-refractivity contribution in [3.63, 3.8) is 0 Å². The molecule has 0 N–H and O–H groups in total. The Morgan fingerprint density at radius 2 is 1.80 bits per heavy atom. The molecule has 0 radical (unpaired) electrons. The molecule has 30 heavy (non-hydrogen) atoms. The quantitative estimate of drug-likeness (QED) is 0.404. The van der Waals surface area contributed by atoms with Gasteiger partial charge in [-0.15, -0.1) is 0 Å². The average Bonchev–Trinajstić information content (AvgIpc) is 2.89. The van der Waals surface area contributed by atoms with Crippen LogP contribution in [0.2, 0.25) is 0 Å². The van der Waals surface area contributed by atoms with Gasteiger partial charge in [0.05, 0.1) is 20.0 Å². The van der Waals surface area contributed by atoms with E-state index in [1.807, 2.05) is 14.1 Å². The minimum atomic E-state index is -0.442. The number of carbonyl (C=O) groups excluding carboxylic acids is 2. The number of ether oxygens (including phenoxy) is 2. The van der Waals surface area contributed by atoms with E-state index < -0.39 is 6.09 Å². The van der Waals surface area contributed by atoms with Gasteiger partial charge in [0.1, 0.15) is 12.2 Å². The summed E-state index contributed by atoms with van der Waals surface area (Å²) in [4.78, 5) is 30.6. The molecule has 3 aliphatic rings. The fourth-order valence-electron chi connectivity index (χ4n) is 5.77. The maximum atomic E-state index is 12.9. The van der Waals surface area contributed by atoms with Gasteiger partial charge in [-0.25, -0.2) is 4.79 Å². The molecule has 1 heterocycles. The highest BCUT2D eigenvalue weighted by atomic mass is 16.6. The van der Waals surface area contributed by atoms with Crippen molar-refractivity contribution in [1.29, 1.82) is 0 Å². The molecule has 3 fully saturated rings. The molecule has 0 aromatic carbocycles. The lowest BCUT2D eigenvalue weighted by Gasteiger charge is -2.39. The standard InChI is InChI=1S/C23H34N3O4/c1-25(2)23(28)30-21-6-5-7-24-20(21)13-26(3,4)14-29-22(27)19-12-17-9-15-8-16(17)11-18(19)10-15/h5-7,15-19H,8-14H2,1-4H3/q+1/t15-,16-,17+,18+,19-/m0/s1. The molecular formula is C23H34N3O4+. The minimum absolute atomic E-state index is 0.0301. The first-order chi connectivity index (χ1) is 14.2. The van der Waals surface area contributed by atoms with Crippen LogP contribution in [0.4, 0.5) is 4.79 Å². The molecule has 3 bridgehead atoms. The molecule has 3 aliphatic carbocycles. The lowest BCUT2D eigenvalue weighted by atomic mass is 9.67. The third kappa shape index (κ3) is 4.46. The van der Waals surface area contributed by atoms with Gasteiger partial charge in [-0.1, -0.05) is 0 Å².